The summed E-state index contributed by atoms with van der Waals surface area (Å²) in [6.45, 7) is 1.74. The van der Waals surface area contributed by atoms with Crippen molar-refractivity contribution in [1.29, 1.82) is 0 Å². The lowest BCUT2D eigenvalue weighted by Crippen LogP contribution is -2.10. The van der Waals surface area contributed by atoms with Crippen LogP contribution in [-0.4, -0.2) is 11.0 Å². The lowest BCUT2D eigenvalue weighted by Gasteiger charge is -2.04. The maximum atomic E-state index is 11.9. The second-order valence-corrected chi connectivity index (χ2v) is 4.06. The number of nitrogens with one attached hydrogen (secondary N) is 1. The van der Waals surface area contributed by atoms with Crippen LogP contribution in [0.2, 0.25) is 0 Å². The number of hydrogen-bond donors (Lipinski definition) is 2. The standard InChI is InChI=1S/C13H12ClNO3/c1-8-9(7-14)6-12(18-8)13(17)15-10-4-2-3-5-11(10)16/h2-6,16H,7H2,1H3,(H,15,17). The maximum Gasteiger partial charge on any atom is 0.291 e. The molecular formula is C13H12ClNO3. The second-order valence-electron chi connectivity index (χ2n) is 3.80. The van der Waals surface area contributed by atoms with Gasteiger partial charge >= 0.3 is 0 Å². The average Bonchev–Trinajstić information content (AvgIpc) is 2.73. The molecule has 94 valence electrons. The zero-order valence-electron chi connectivity index (χ0n) is 9.74. The number of phenols is 1. The summed E-state index contributed by atoms with van der Waals surface area (Å²) in [5.74, 6) is 0.667. The van der Waals surface area contributed by atoms with E-state index in [-0.39, 0.29) is 11.5 Å². The summed E-state index contributed by atoms with van der Waals surface area (Å²) < 4.78 is 5.30. The number of amides is 1. The van der Waals surface area contributed by atoms with Gasteiger partial charge in [-0.25, -0.2) is 0 Å². The van der Waals surface area contributed by atoms with Crippen molar-refractivity contribution in [2.75, 3.05) is 5.32 Å². The van der Waals surface area contributed by atoms with Gasteiger partial charge in [-0.1, -0.05) is 12.1 Å². The molecule has 18 heavy (non-hydrogen) atoms. The average molecular weight is 266 g/mol. The Morgan fingerprint density at radius 1 is 1.44 bits per heavy atom. The first-order chi connectivity index (χ1) is 8.61. The fraction of sp³-hybridized carbons (Fsp3) is 0.154. The van der Waals surface area contributed by atoms with Crippen molar-refractivity contribution in [1.82, 2.24) is 0 Å². The lowest BCUT2D eigenvalue weighted by atomic mass is 10.2. The highest BCUT2D eigenvalue weighted by Crippen LogP contribution is 2.23. The number of furan rings is 1. The van der Waals surface area contributed by atoms with Crippen LogP contribution >= 0.6 is 11.6 Å². The molecule has 0 aliphatic rings. The SMILES string of the molecule is Cc1oc(C(=O)Nc2ccccc2O)cc1CCl. The van der Waals surface area contributed by atoms with Crippen molar-refractivity contribution < 1.29 is 14.3 Å². The second kappa shape index (κ2) is 5.14. The number of phenolic OH excluding ortho intramolecular Hbond substituents is 1. The van der Waals surface area contributed by atoms with E-state index in [1.165, 1.54) is 6.07 Å². The number of halogens is 1. The van der Waals surface area contributed by atoms with Gasteiger partial charge in [-0.15, -0.1) is 11.6 Å². The molecule has 0 atom stereocenters. The number of carbonyl (C=O) groups excluding carboxylic acids is 1. The van der Waals surface area contributed by atoms with Gasteiger partial charge in [0, 0.05) is 5.56 Å². The number of anilines is 1. The third-order valence-corrected chi connectivity index (χ3v) is 2.83. The van der Waals surface area contributed by atoms with E-state index < -0.39 is 5.91 Å². The van der Waals surface area contributed by atoms with Gasteiger partial charge in [0.15, 0.2) is 5.76 Å². The molecule has 4 nitrogen and oxygen atoms in total. The van der Waals surface area contributed by atoms with Crippen LogP contribution in [0.4, 0.5) is 5.69 Å². The first-order valence-corrected chi connectivity index (χ1v) is 5.90. The molecule has 1 amide bonds. The Hall–Kier alpha value is -1.94. The highest BCUT2D eigenvalue weighted by molar-refractivity contribution is 6.17. The van der Waals surface area contributed by atoms with Crippen molar-refractivity contribution in [3.8, 4) is 5.75 Å². The van der Waals surface area contributed by atoms with Crippen LogP contribution in [-0.2, 0) is 5.88 Å². The first kappa shape index (κ1) is 12.5. The monoisotopic (exact) mass is 265 g/mol. The van der Waals surface area contributed by atoms with Crippen LogP contribution in [0, 0.1) is 6.92 Å². The van der Waals surface area contributed by atoms with E-state index in [1.54, 1.807) is 31.2 Å². The number of aromatic hydroxyl groups is 1. The van der Waals surface area contributed by atoms with E-state index in [0.717, 1.165) is 5.56 Å². The third-order valence-electron chi connectivity index (χ3n) is 2.54. The van der Waals surface area contributed by atoms with Gasteiger partial charge in [-0.3, -0.25) is 4.79 Å². The van der Waals surface area contributed by atoms with Crippen molar-refractivity contribution in [3.05, 3.63) is 47.4 Å². The molecule has 0 saturated heterocycles. The number of para-hydroxylation sites is 2. The largest absolute Gasteiger partial charge is 0.506 e. The number of rotatable bonds is 3. The van der Waals surface area contributed by atoms with Gasteiger partial charge in [-0.2, -0.15) is 0 Å². The number of alkyl halides is 1. The van der Waals surface area contributed by atoms with Crippen molar-refractivity contribution in [2.45, 2.75) is 12.8 Å². The minimum atomic E-state index is -0.420. The van der Waals surface area contributed by atoms with Gasteiger partial charge in [0.05, 0.1) is 11.6 Å². The number of carbonyl (C=O) groups is 1. The van der Waals surface area contributed by atoms with Crippen molar-refractivity contribution in [2.24, 2.45) is 0 Å². The molecule has 5 heteroatoms. The first-order valence-electron chi connectivity index (χ1n) is 5.36. The fourth-order valence-corrected chi connectivity index (χ4v) is 1.79. The van der Waals surface area contributed by atoms with Crippen LogP contribution in [0.25, 0.3) is 0 Å². The summed E-state index contributed by atoms with van der Waals surface area (Å²) in [7, 11) is 0. The molecule has 2 rings (SSSR count). The van der Waals surface area contributed by atoms with E-state index in [1.807, 2.05) is 0 Å². The van der Waals surface area contributed by atoms with E-state index in [9.17, 15) is 9.90 Å². The molecule has 0 saturated carbocycles. The predicted octanol–water partition coefficient (Wildman–Crippen LogP) is 3.28. The quantitative estimate of drug-likeness (QED) is 0.661. The fourth-order valence-electron chi connectivity index (χ4n) is 1.53. The molecule has 0 spiro atoms. The maximum absolute atomic E-state index is 11.9. The van der Waals surface area contributed by atoms with Gasteiger partial charge in [0.1, 0.15) is 11.5 Å². The van der Waals surface area contributed by atoms with Crippen LogP contribution in [0.5, 0.6) is 5.75 Å². The van der Waals surface area contributed by atoms with Gasteiger partial charge in [0.2, 0.25) is 0 Å². The molecular weight excluding hydrogens is 254 g/mol. The lowest BCUT2D eigenvalue weighted by molar-refractivity contribution is 0.0995. The Balaban J connectivity index is 2.19. The number of aryl methyl sites for hydroxylation is 1. The molecule has 1 heterocycles. The van der Waals surface area contributed by atoms with Crippen molar-refractivity contribution in [3.63, 3.8) is 0 Å². The van der Waals surface area contributed by atoms with E-state index in [4.69, 9.17) is 16.0 Å². The Morgan fingerprint density at radius 2 is 2.17 bits per heavy atom. The Labute approximate surface area is 109 Å². The summed E-state index contributed by atoms with van der Waals surface area (Å²) in [4.78, 5) is 11.9. The van der Waals surface area contributed by atoms with Gasteiger partial charge < -0.3 is 14.8 Å². The third kappa shape index (κ3) is 2.49. The molecule has 0 bridgehead atoms. The molecule has 1 aromatic heterocycles. The Bertz CT molecular complexity index is 577. The minimum Gasteiger partial charge on any atom is -0.506 e. The summed E-state index contributed by atoms with van der Waals surface area (Å²) >= 11 is 5.70. The highest BCUT2D eigenvalue weighted by atomic mass is 35.5. The van der Waals surface area contributed by atoms with Crippen LogP contribution in [0.1, 0.15) is 21.9 Å². The van der Waals surface area contributed by atoms with Gasteiger partial charge in [0.25, 0.3) is 5.91 Å². The normalized spacial score (nSPS) is 10.3. The molecule has 0 fully saturated rings. The zero-order valence-corrected chi connectivity index (χ0v) is 10.5. The van der Waals surface area contributed by atoms with Crippen LogP contribution in [0.15, 0.2) is 34.7 Å². The number of benzene rings is 1. The van der Waals surface area contributed by atoms with Crippen molar-refractivity contribution >= 4 is 23.2 Å². The predicted molar refractivity (Wildman–Crippen MR) is 69.1 cm³/mol. The molecule has 0 radical (unpaired) electrons. The Kier molecular flexibility index (Phi) is 3.58. The van der Waals surface area contributed by atoms with E-state index in [0.29, 0.717) is 17.3 Å². The summed E-state index contributed by atoms with van der Waals surface area (Å²) in [6, 6.07) is 8.08. The molecule has 0 unspecified atom stereocenters. The Morgan fingerprint density at radius 3 is 2.78 bits per heavy atom. The molecule has 0 aliphatic heterocycles. The van der Waals surface area contributed by atoms with Crippen LogP contribution < -0.4 is 5.32 Å². The number of hydrogen-bond acceptors (Lipinski definition) is 3. The van der Waals surface area contributed by atoms with E-state index in [2.05, 4.69) is 5.32 Å². The summed E-state index contributed by atoms with van der Waals surface area (Å²) in [5.41, 5.74) is 1.11. The highest BCUT2D eigenvalue weighted by Gasteiger charge is 2.15. The van der Waals surface area contributed by atoms with Gasteiger partial charge in [-0.05, 0) is 25.1 Å². The summed E-state index contributed by atoms with van der Waals surface area (Å²) in [5, 5.41) is 12.1. The topological polar surface area (TPSA) is 62.5 Å². The van der Waals surface area contributed by atoms with E-state index >= 15 is 0 Å². The minimum absolute atomic E-state index is 0.00620. The molecule has 2 aromatic rings. The zero-order chi connectivity index (χ0) is 13.1. The molecule has 1 aromatic carbocycles. The molecule has 2 N–H and O–H groups in total. The summed E-state index contributed by atoms with van der Waals surface area (Å²) in [6.07, 6.45) is 0. The molecule has 0 aliphatic carbocycles. The van der Waals surface area contributed by atoms with Crippen LogP contribution in [0.3, 0.4) is 0 Å². The smallest absolute Gasteiger partial charge is 0.291 e.